The minimum atomic E-state index is -3.80. The molecule has 0 spiro atoms. The second-order valence-corrected chi connectivity index (χ2v) is 11.6. The Morgan fingerprint density at radius 3 is 2.11 bits per heavy atom. The molecule has 9 heteroatoms. The number of benzene rings is 2. The van der Waals surface area contributed by atoms with E-state index >= 15 is 0 Å². The van der Waals surface area contributed by atoms with E-state index < -0.39 is 20.1 Å². The third-order valence-corrected chi connectivity index (χ3v) is 8.26. The standard InChI is InChI=1S/C27H27NO6S2/c1-4-19-28(35(29,30)26-15-9-22(2)10-16-26)21-25-14-13-24(34-25)8-6-5-7-20-33-36(31,32)27-17-11-23(3)12-18-27/h1,9-18H,5,7,19-21H2,2-3H3. The number of hydrogen-bond donors (Lipinski definition) is 0. The number of unbranched alkanes of at least 4 members (excludes halogenated alkanes) is 1. The van der Waals surface area contributed by atoms with E-state index in [0.717, 1.165) is 11.1 Å². The van der Waals surface area contributed by atoms with Crippen LogP contribution >= 0.6 is 0 Å². The van der Waals surface area contributed by atoms with E-state index in [0.29, 0.717) is 24.4 Å². The van der Waals surface area contributed by atoms with Gasteiger partial charge in [-0.2, -0.15) is 12.7 Å². The van der Waals surface area contributed by atoms with Crippen LogP contribution in [-0.2, 0) is 30.9 Å². The fourth-order valence-electron chi connectivity index (χ4n) is 3.14. The largest absolute Gasteiger partial charge is 0.451 e. The summed E-state index contributed by atoms with van der Waals surface area (Å²) in [5, 5.41) is 0. The smallest absolute Gasteiger partial charge is 0.296 e. The van der Waals surface area contributed by atoms with Crippen molar-refractivity contribution in [3.8, 4) is 24.2 Å². The van der Waals surface area contributed by atoms with E-state index in [1.54, 1.807) is 48.5 Å². The Balaban J connectivity index is 1.54. The van der Waals surface area contributed by atoms with E-state index in [1.807, 2.05) is 13.8 Å². The molecule has 0 N–H and O–H groups in total. The SMILES string of the molecule is C#CCN(Cc1ccc(C#CCCCOS(=O)(=O)c2ccc(C)cc2)o1)S(=O)(=O)c1ccc(C)cc1. The fourth-order valence-corrected chi connectivity index (χ4v) is 5.41. The fraction of sp³-hybridized carbons (Fsp3) is 0.259. The molecule has 1 aromatic heterocycles. The monoisotopic (exact) mass is 525 g/mol. The maximum Gasteiger partial charge on any atom is 0.296 e. The molecule has 7 nitrogen and oxygen atoms in total. The molecule has 1 heterocycles. The summed E-state index contributed by atoms with van der Waals surface area (Å²) in [4.78, 5) is 0.270. The molecule has 0 atom stereocenters. The summed E-state index contributed by atoms with van der Waals surface area (Å²) in [7, 11) is -7.60. The number of sulfonamides is 1. The molecule has 188 valence electrons. The first-order chi connectivity index (χ1) is 17.1. The lowest BCUT2D eigenvalue weighted by molar-refractivity contribution is 0.314. The number of rotatable bonds is 10. The van der Waals surface area contributed by atoms with Crippen LogP contribution in [0.4, 0.5) is 0 Å². The predicted octanol–water partition coefficient (Wildman–Crippen LogP) is 4.26. The first kappa shape index (κ1) is 27.3. The molecule has 0 bridgehead atoms. The van der Waals surface area contributed by atoms with Crippen LogP contribution in [0, 0.1) is 38.0 Å². The van der Waals surface area contributed by atoms with Crippen LogP contribution in [0.5, 0.6) is 0 Å². The summed E-state index contributed by atoms with van der Waals surface area (Å²) in [5.74, 6) is 8.91. The Kier molecular flexibility index (Phi) is 9.14. The number of terminal acetylenes is 1. The van der Waals surface area contributed by atoms with E-state index in [2.05, 4.69) is 17.8 Å². The van der Waals surface area contributed by atoms with Gasteiger partial charge in [-0.3, -0.25) is 4.18 Å². The maximum atomic E-state index is 13.0. The van der Waals surface area contributed by atoms with Gasteiger partial charge in [0, 0.05) is 6.42 Å². The van der Waals surface area contributed by atoms with Crippen LogP contribution in [0.15, 0.2) is 74.9 Å². The molecule has 2 aromatic carbocycles. The zero-order valence-electron chi connectivity index (χ0n) is 20.1. The van der Waals surface area contributed by atoms with Crippen molar-refractivity contribution in [2.24, 2.45) is 0 Å². The Bertz CT molecular complexity index is 1490. The van der Waals surface area contributed by atoms with Crippen LogP contribution in [0.1, 0.15) is 35.5 Å². The van der Waals surface area contributed by atoms with Crippen LogP contribution < -0.4 is 0 Å². The Hall–Kier alpha value is -3.34. The lowest BCUT2D eigenvalue weighted by Gasteiger charge is -2.18. The molecule has 0 saturated heterocycles. The highest BCUT2D eigenvalue weighted by Crippen LogP contribution is 2.20. The Morgan fingerprint density at radius 2 is 1.50 bits per heavy atom. The average Bonchev–Trinajstić information content (AvgIpc) is 3.29. The normalized spacial score (nSPS) is 11.6. The Morgan fingerprint density at radius 1 is 0.889 bits per heavy atom. The van der Waals surface area contributed by atoms with Gasteiger partial charge >= 0.3 is 0 Å². The number of hydrogen-bond acceptors (Lipinski definition) is 6. The van der Waals surface area contributed by atoms with Gasteiger partial charge < -0.3 is 4.42 Å². The average molecular weight is 526 g/mol. The summed E-state index contributed by atoms with van der Waals surface area (Å²) in [6, 6.07) is 16.3. The van der Waals surface area contributed by atoms with Crippen molar-refractivity contribution in [1.29, 1.82) is 0 Å². The molecule has 3 aromatic rings. The third-order valence-electron chi connectivity index (χ3n) is 5.13. The molecule has 0 aliphatic rings. The summed E-state index contributed by atoms with van der Waals surface area (Å²) >= 11 is 0. The molecule has 3 rings (SSSR count). The van der Waals surface area contributed by atoms with Crippen molar-refractivity contribution < 1.29 is 25.4 Å². The Labute approximate surface area is 213 Å². The van der Waals surface area contributed by atoms with Gasteiger partial charge in [0.2, 0.25) is 10.0 Å². The van der Waals surface area contributed by atoms with Gasteiger partial charge in [0.25, 0.3) is 10.1 Å². The minimum absolute atomic E-state index is 0.00616. The van der Waals surface area contributed by atoms with Crippen molar-refractivity contribution in [2.75, 3.05) is 13.2 Å². The quantitative estimate of drug-likeness (QED) is 0.223. The van der Waals surface area contributed by atoms with E-state index in [4.69, 9.17) is 15.0 Å². The van der Waals surface area contributed by atoms with Crippen LogP contribution in [0.2, 0.25) is 0 Å². The van der Waals surface area contributed by atoms with E-state index in [-0.39, 0.29) is 29.5 Å². The highest BCUT2D eigenvalue weighted by molar-refractivity contribution is 7.89. The van der Waals surface area contributed by atoms with Gasteiger partial charge in [-0.25, -0.2) is 8.42 Å². The highest BCUT2D eigenvalue weighted by atomic mass is 32.2. The molecule has 0 radical (unpaired) electrons. The summed E-state index contributed by atoms with van der Waals surface area (Å²) < 4.78 is 62.2. The van der Waals surface area contributed by atoms with E-state index in [1.165, 1.54) is 16.4 Å². The second kappa shape index (κ2) is 12.1. The molecule has 0 fully saturated rings. The van der Waals surface area contributed by atoms with Crippen molar-refractivity contribution in [3.05, 3.63) is 83.3 Å². The van der Waals surface area contributed by atoms with Crippen molar-refractivity contribution in [1.82, 2.24) is 4.31 Å². The zero-order chi connectivity index (χ0) is 26.2. The number of furan rings is 1. The maximum absolute atomic E-state index is 13.0. The molecule has 0 amide bonds. The van der Waals surface area contributed by atoms with E-state index in [9.17, 15) is 16.8 Å². The van der Waals surface area contributed by atoms with Crippen LogP contribution in [-0.4, -0.2) is 34.3 Å². The molecule has 0 unspecified atom stereocenters. The van der Waals surface area contributed by atoms with Gasteiger partial charge in [-0.1, -0.05) is 47.2 Å². The van der Waals surface area contributed by atoms with Crippen LogP contribution in [0.25, 0.3) is 0 Å². The van der Waals surface area contributed by atoms with Crippen molar-refractivity contribution in [3.63, 3.8) is 0 Å². The van der Waals surface area contributed by atoms with Gasteiger partial charge in [-0.05, 0) is 62.6 Å². The summed E-state index contributed by atoms with van der Waals surface area (Å²) in [6.07, 6.45) is 6.21. The third kappa shape index (κ3) is 7.33. The lowest BCUT2D eigenvalue weighted by atomic mass is 10.2. The highest BCUT2D eigenvalue weighted by Gasteiger charge is 2.25. The number of nitrogens with zero attached hydrogens (tertiary/aromatic N) is 1. The second-order valence-electron chi connectivity index (χ2n) is 8.05. The molecule has 0 saturated carbocycles. The molecular formula is C27H27NO6S2. The molecule has 0 aliphatic carbocycles. The predicted molar refractivity (Wildman–Crippen MR) is 137 cm³/mol. The van der Waals surface area contributed by atoms with Crippen molar-refractivity contribution >= 4 is 20.1 Å². The summed E-state index contributed by atoms with van der Waals surface area (Å²) in [6.45, 7) is 3.61. The minimum Gasteiger partial charge on any atom is -0.451 e. The van der Waals surface area contributed by atoms with Gasteiger partial charge in [0.1, 0.15) is 5.76 Å². The van der Waals surface area contributed by atoms with Gasteiger partial charge in [0.05, 0.1) is 29.5 Å². The first-order valence-electron chi connectivity index (χ1n) is 11.2. The zero-order valence-corrected chi connectivity index (χ0v) is 21.7. The topological polar surface area (TPSA) is 93.9 Å². The summed E-state index contributed by atoms with van der Waals surface area (Å²) in [5.41, 5.74) is 1.91. The van der Waals surface area contributed by atoms with Gasteiger partial charge in [0.15, 0.2) is 5.76 Å². The van der Waals surface area contributed by atoms with Crippen LogP contribution in [0.3, 0.4) is 0 Å². The van der Waals surface area contributed by atoms with Crippen molar-refractivity contribution in [2.45, 2.75) is 43.0 Å². The lowest BCUT2D eigenvalue weighted by Crippen LogP contribution is -2.30. The molecule has 36 heavy (non-hydrogen) atoms. The number of aryl methyl sites for hydroxylation is 2. The van der Waals surface area contributed by atoms with Gasteiger partial charge in [-0.15, -0.1) is 6.42 Å². The molecular weight excluding hydrogens is 498 g/mol. The first-order valence-corrected chi connectivity index (χ1v) is 14.0. The molecule has 0 aliphatic heterocycles.